The van der Waals surface area contributed by atoms with Gasteiger partial charge in [0, 0.05) is 10.0 Å². The minimum atomic E-state index is -3.72. The summed E-state index contributed by atoms with van der Waals surface area (Å²) in [5, 5.41) is 5.60. The van der Waals surface area contributed by atoms with Crippen molar-refractivity contribution in [2.75, 3.05) is 4.72 Å². The zero-order valence-corrected chi connectivity index (χ0v) is 16.5. The lowest BCUT2D eigenvalue weighted by molar-refractivity contribution is 0.601. The van der Waals surface area contributed by atoms with Crippen LogP contribution in [0.15, 0.2) is 53.4 Å². The summed E-state index contributed by atoms with van der Waals surface area (Å²) in [5.74, 6) is 0. The monoisotopic (exact) mass is 409 g/mol. The number of halogens is 2. The van der Waals surface area contributed by atoms with Crippen LogP contribution >= 0.6 is 23.2 Å². The number of hydrogen-bond donors (Lipinski definition) is 1. The summed E-state index contributed by atoms with van der Waals surface area (Å²) < 4.78 is 29.6. The first-order valence-electron chi connectivity index (χ1n) is 7.83. The molecule has 0 unspecified atom stereocenters. The Morgan fingerprint density at radius 1 is 0.962 bits per heavy atom. The minimum Gasteiger partial charge on any atom is -0.276 e. The Hall–Kier alpha value is -2.02. The Balaban J connectivity index is 1.88. The molecule has 0 aliphatic carbocycles. The molecule has 0 aliphatic rings. The van der Waals surface area contributed by atoms with E-state index in [1.807, 2.05) is 31.2 Å². The molecular weight excluding hydrogens is 393 g/mol. The van der Waals surface area contributed by atoms with Crippen LogP contribution < -0.4 is 4.72 Å². The van der Waals surface area contributed by atoms with Crippen molar-refractivity contribution >= 4 is 38.9 Å². The quantitative estimate of drug-likeness (QED) is 0.666. The molecule has 0 saturated heterocycles. The molecule has 8 heteroatoms. The summed E-state index contributed by atoms with van der Waals surface area (Å²) >= 11 is 11.7. The fraction of sp³-hybridized carbons (Fsp3) is 0.167. The molecule has 3 aromatic rings. The zero-order chi connectivity index (χ0) is 18.9. The van der Waals surface area contributed by atoms with Crippen molar-refractivity contribution < 1.29 is 8.42 Å². The van der Waals surface area contributed by atoms with Crippen molar-refractivity contribution in [3.63, 3.8) is 0 Å². The van der Waals surface area contributed by atoms with E-state index >= 15 is 0 Å². The summed E-state index contributed by atoms with van der Waals surface area (Å²) in [6.45, 7) is 4.12. The van der Waals surface area contributed by atoms with Crippen LogP contribution in [0.5, 0.6) is 0 Å². The van der Waals surface area contributed by atoms with E-state index in [0.29, 0.717) is 28.0 Å². The molecule has 1 heterocycles. The van der Waals surface area contributed by atoms with Crippen molar-refractivity contribution in [1.29, 1.82) is 0 Å². The highest BCUT2D eigenvalue weighted by molar-refractivity contribution is 7.92. The summed E-state index contributed by atoms with van der Waals surface area (Å²) in [6, 6.07) is 13.5. The van der Waals surface area contributed by atoms with E-state index in [-0.39, 0.29) is 4.90 Å². The van der Waals surface area contributed by atoms with Gasteiger partial charge in [0.05, 0.1) is 28.5 Å². The smallest absolute Gasteiger partial charge is 0.262 e. The van der Waals surface area contributed by atoms with Gasteiger partial charge in [0.1, 0.15) is 0 Å². The first kappa shape index (κ1) is 18.8. The number of nitrogens with one attached hydrogen (secondary N) is 1. The molecule has 5 nitrogen and oxygen atoms in total. The molecule has 0 aliphatic heterocycles. The lowest BCUT2D eigenvalue weighted by atomic mass is 10.2. The Morgan fingerprint density at radius 2 is 1.50 bits per heavy atom. The molecule has 0 atom stereocenters. The maximum absolute atomic E-state index is 12.6. The predicted octanol–water partition coefficient (Wildman–Crippen LogP) is 4.66. The molecule has 26 heavy (non-hydrogen) atoms. The van der Waals surface area contributed by atoms with Gasteiger partial charge in [-0.25, -0.2) is 8.42 Å². The van der Waals surface area contributed by atoms with E-state index in [9.17, 15) is 8.42 Å². The Kier molecular flexibility index (Phi) is 5.27. The molecule has 0 bridgehead atoms. The second-order valence-electron chi connectivity index (χ2n) is 5.89. The van der Waals surface area contributed by atoms with Crippen LogP contribution in [0, 0.1) is 13.8 Å². The van der Waals surface area contributed by atoms with Gasteiger partial charge in [-0.15, -0.1) is 0 Å². The second kappa shape index (κ2) is 7.31. The van der Waals surface area contributed by atoms with Crippen molar-refractivity contribution in [2.24, 2.45) is 0 Å². The standard InChI is InChI=1S/C18H17Cl2N3O2S/c1-12-18(22-26(24,25)17-9-7-16(20)8-10-17)13(2)23(21-12)11-14-3-5-15(19)6-4-14/h3-10,22H,11H2,1-2H3. The number of hydrogen-bond acceptors (Lipinski definition) is 3. The van der Waals surface area contributed by atoms with Gasteiger partial charge < -0.3 is 0 Å². The van der Waals surface area contributed by atoms with E-state index < -0.39 is 10.0 Å². The molecule has 1 aromatic heterocycles. The number of rotatable bonds is 5. The van der Waals surface area contributed by atoms with E-state index in [4.69, 9.17) is 23.2 Å². The number of benzene rings is 2. The molecule has 0 radical (unpaired) electrons. The molecule has 3 rings (SSSR count). The molecule has 0 spiro atoms. The van der Waals surface area contributed by atoms with Crippen molar-refractivity contribution in [3.05, 3.63) is 75.5 Å². The number of aromatic nitrogens is 2. The van der Waals surface area contributed by atoms with E-state index in [0.717, 1.165) is 11.3 Å². The lowest BCUT2D eigenvalue weighted by Crippen LogP contribution is -2.14. The van der Waals surface area contributed by atoms with Crippen LogP contribution in [0.3, 0.4) is 0 Å². The third-order valence-corrected chi connectivity index (χ3v) is 5.86. The van der Waals surface area contributed by atoms with Crippen LogP contribution in [0.25, 0.3) is 0 Å². The van der Waals surface area contributed by atoms with Gasteiger partial charge in [-0.05, 0) is 55.8 Å². The lowest BCUT2D eigenvalue weighted by Gasteiger charge is -2.09. The Bertz CT molecular complexity index is 1030. The van der Waals surface area contributed by atoms with Gasteiger partial charge in [-0.3, -0.25) is 9.40 Å². The molecule has 0 fully saturated rings. The molecule has 136 valence electrons. The van der Waals surface area contributed by atoms with Gasteiger partial charge in [0.25, 0.3) is 10.0 Å². The largest absolute Gasteiger partial charge is 0.276 e. The van der Waals surface area contributed by atoms with Gasteiger partial charge in [0.2, 0.25) is 0 Å². The first-order chi connectivity index (χ1) is 12.3. The fourth-order valence-corrected chi connectivity index (χ4v) is 4.00. The highest BCUT2D eigenvalue weighted by atomic mass is 35.5. The minimum absolute atomic E-state index is 0.145. The fourth-order valence-electron chi connectivity index (χ4n) is 2.57. The third kappa shape index (κ3) is 4.03. The summed E-state index contributed by atoms with van der Waals surface area (Å²) in [7, 11) is -3.72. The summed E-state index contributed by atoms with van der Waals surface area (Å²) in [6.07, 6.45) is 0. The van der Waals surface area contributed by atoms with Gasteiger partial charge in [-0.1, -0.05) is 35.3 Å². The third-order valence-electron chi connectivity index (χ3n) is 3.99. The molecule has 1 N–H and O–H groups in total. The van der Waals surface area contributed by atoms with Gasteiger partial charge in [0.15, 0.2) is 0 Å². The topological polar surface area (TPSA) is 64.0 Å². The van der Waals surface area contributed by atoms with Crippen LogP contribution in [0.2, 0.25) is 10.0 Å². The van der Waals surface area contributed by atoms with Crippen LogP contribution in [0.4, 0.5) is 5.69 Å². The van der Waals surface area contributed by atoms with Gasteiger partial charge >= 0.3 is 0 Å². The maximum Gasteiger partial charge on any atom is 0.262 e. The SMILES string of the molecule is Cc1nn(Cc2ccc(Cl)cc2)c(C)c1NS(=O)(=O)c1ccc(Cl)cc1. The average Bonchev–Trinajstić information content (AvgIpc) is 2.84. The number of anilines is 1. The molecule has 2 aromatic carbocycles. The number of aryl methyl sites for hydroxylation is 1. The van der Waals surface area contributed by atoms with E-state index in [2.05, 4.69) is 9.82 Å². The van der Waals surface area contributed by atoms with E-state index in [1.54, 1.807) is 23.7 Å². The van der Waals surface area contributed by atoms with Crippen molar-refractivity contribution in [1.82, 2.24) is 9.78 Å². The summed E-state index contributed by atoms with van der Waals surface area (Å²) in [5.41, 5.74) is 2.84. The molecule has 0 amide bonds. The predicted molar refractivity (Wildman–Crippen MR) is 105 cm³/mol. The van der Waals surface area contributed by atoms with Crippen LogP contribution in [0.1, 0.15) is 17.0 Å². The number of sulfonamides is 1. The van der Waals surface area contributed by atoms with Crippen LogP contribution in [-0.4, -0.2) is 18.2 Å². The summed E-state index contributed by atoms with van der Waals surface area (Å²) in [4.78, 5) is 0.145. The highest BCUT2D eigenvalue weighted by Crippen LogP contribution is 2.25. The van der Waals surface area contributed by atoms with Crippen LogP contribution in [-0.2, 0) is 16.6 Å². The second-order valence-corrected chi connectivity index (χ2v) is 8.44. The zero-order valence-electron chi connectivity index (χ0n) is 14.2. The molecular formula is C18H17Cl2N3O2S. The molecule has 0 saturated carbocycles. The van der Waals surface area contributed by atoms with Crippen molar-refractivity contribution in [3.8, 4) is 0 Å². The van der Waals surface area contributed by atoms with Crippen molar-refractivity contribution in [2.45, 2.75) is 25.3 Å². The average molecular weight is 410 g/mol. The first-order valence-corrected chi connectivity index (χ1v) is 10.1. The van der Waals surface area contributed by atoms with E-state index in [1.165, 1.54) is 12.1 Å². The Morgan fingerprint density at radius 3 is 2.08 bits per heavy atom. The Labute approximate surface area is 162 Å². The highest BCUT2D eigenvalue weighted by Gasteiger charge is 2.20. The normalized spacial score (nSPS) is 11.5. The number of nitrogens with zero attached hydrogens (tertiary/aromatic N) is 2. The van der Waals surface area contributed by atoms with Gasteiger partial charge in [-0.2, -0.15) is 5.10 Å². The maximum atomic E-state index is 12.6.